The van der Waals surface area contributed by atoms with Crippen molar-refractivity contribution in [1.29, 1.82) is 0 Å². The van der Waals surface area contributed by atoms with Gasteiger partial charge in [0, 0.05) is 49.4 Å². The van der Waals surface area contributed by atoms with Gasteiger partial charge in [-0.3, -0.25) is 43.6 Å². The molecule has 21 heteroatoms. The number of pyridine rings is 1. The first-order valence-electron chi connectivity index (χ1n) is 21.2. The Kier molecular flexibility index (Phi) is 14.7. The summed E-state index contributed by atoms with van der Waals surface area (Å²) in [6.07, 6.45) is 1.27. The average Bonchev–Trinajstić information content (AvgIpc) is 3.74. The highest BCUT2D eigenvalue weighted by atomic mass is 19.3. The van der Waals surface area contributed by atoms with Gasteiger partial charge in [0.15, 0.2) is 0 Å². The standard InChI is InChI=1S/C42H52F2N8O11/c1-42(59)11-3-6-31(42)52-36-25(22-28(35(43)44)39(52)57)23-46-41(49-36)47-26-9-13-50(14-10-26)33(54)24-63-21-20-62-19-18-61-17-16-60-15-12-45-29-5-2-4-27-34(29)40(58)51(38(27)56)30-7-8-32(53)48-37(30)55/h2,4-5,22-23,26,30-31,35,45,59H,3,6-21,24H2,1H3,(H,46,47,49)(H,48,53,55)/t30?,31-,42-/m1/s1. The van der Waals surface area contributed by atoms with E-state index in [9.17, 15) is 42.7 Å². The number of carbonyl (C=O) groups is 5. The van der Waals surface area contributed by atoms with E-state index >= 15 is 0 Å². The summed E-state index contributed by atoms with van der Waals surface area (Å²) in [7, 11) is 0. The number of fused-ring (bicyclic) bond motifs is 2. The fourth-order valence-corrected chi connectivity index (χ4v) is 8.48. The molecule has 0 radical (unpaired) electrons. The summed E-state index contributed by atoms with van der Waals surface area (Å²) >= 11 is 0. The lowest BCUT2D eigenvalue weighted by molar-refractivity contribution is -0.138. The van der Waals surface area contributed by atoms with Crippen molar-refractivity contribution < 1.29 is 56.8 Å². The molecule has 19 nitrogen and oxygen atoms in total. The topological polar surface area (TPSA) is 233 Å². The summed E-state index contributed by atoms with van der Waals surface area (Å²) in [4.78, 5) is 87.6. The Labute approximate surface area is 360 Å². The number of amides is 5. The Morgan fingerprint density at radius 1 is 0.952 bits per heavy atom. The van der Waals surface area contributed by atoms with Crippen LogP contribution in [-0.4, -0.2) is 149 Å². The number of likely N-dealkylation sites (tertiary alicyclic amines) is 1. The molecule has 4 N–H and O–H groups in total. The molecule has 2 saturated heterocycles. The summed E-state index contributed by atoms with van der Waals surface area (Å²) in [5.41, 5.74) is -1.78. The average molecular weight is 883 g/mol. The number of nitrogens with zero attached hydrogens (tertiary/aromatic N) is 5. The van der Waals surface area contributed by atoms with Crippen molar-refractivity contribution >= 4 is 52.2 Å². The number of carbonyl (C=O) groups excluding carboxylic acids is 5. The number of ether oxygens (including phenoxy) is 4. The first-order valence-corrected chi connectivity index (χ1v) is 21.2. The van der Waals surface area contributed by atoms with Crippen LogP contribution >= 0.6 is 0 Å². The Bertz CT molecular complexity index is 2250. The second-order valence-electron chi connectivity index (χ2n) is 16.1. The van der Waals surface area contributed by atoms with Crippen molar-refractivity contribution in [3.05, 3.63) is 57.5 Å². The van der Waals surface area contributed by atoms with Crippen molar-refractivity contribution in [2.75, 3.05) is 83.1 Å². The predicted octanol–water partition coefficient (Wildman–Crippen LogP) is 2.19. The largest absolute Gasteiger partial charge is 0.388 e. The van der Waals surface area contributed by atoms with Gasteiger partial charge in [-0.25, -0.2) is 13.8 Å². The summed E-state index contributed by atoms with van der Waals surface area (Å²) in [6, 6.07) is 4.14. The zero-order valence-electron chi connectivity index (χ0n) is 34.9. The van der Waals surface area contributed by atoms with E-state index in [1.54, 1.807) is 24.0 Å². The SMILES string of the molecule is C[C@@]1(O)CCC[C@H]1n1c(=O)c(C(F)F)cc2cnc(NC3CCN(C(=O)COCCOCCOCCOCCNc4cccc5c4C(=O)N(C4CCC(=O)NC4=O)C5=O)CC3)nc21. The molecule has 3 atom stereocenters. The minimum Gasteiger partial charge on any atom is -0.388 e. The number of benzene rings is 1. The number of nitrogens with one attached hydrogen (secondary N) is 3. The monoisotopic (exact) mass is 882 g/mol. The summed E-state index contributed by atoms with van der Waals surface area (Å²) in [5, 5.41) is 19.8. The molecule has 0 spiro atoms. The van der Waals surface area contributed by atoms with Crippen LogP contribution in [0.3, 0.4) is 0 Å². The highest BCUT2D eigenvalue weighted by Gasteiger charge is 2.46. The first kappa shape index (κ1) is 45.5. The van der Waals surface area contributed by atoms with Gasteiger partial charge < -0.3 is 39.6 Å². The molecule has 340 valence electrons. The third-order valence-electron chi connectivity index (χ3n) is 11.8. The summed E-state index contributed by atoms with van der Waals surface area (Å²) in [6.45, 7) is 4.86. The molecule has 3 aromatic rings. The van der Waals surface area contributed by atoms with Gasteiger partial charge in [-0.15, -0.1) is 0 Å². The minimum absolute atomic E-state index is 0.0430. The van der Waals surface area contributed by atoms with Crippen LogP contribution in [0.15, 0.2) is 35.3 Å². The molecule has 0 bridgehead atoms. The number of aromatic nitrogens is 3. The molecule has 1 saturated carbocycles. The lowest BCUT2D eigenvalue weighted by Gasteiger charge is -2.32. The third kappa shape index (κ3) is 10.5. The molecule has 5 amide bonds. The second-order valence-corrected chi connectivity index (χ2v) is 16.1. The number of piperidine rings is 2. The number of aliphatic hydroxyl groups is 1. The molecule has 1 unspecified atom stereocenters. The zero-order chi connectivity index (χ0) is 44.7. The maximum Gasteiger partial charge on any atom is 0.269 e. The fraction of sp³-hybridized carbons (Fsp3) is 0.571. The van der Waals surface area contributed by atoms with Gasteiger partial charge >= 0.3 is 0 Å². The molecule has 1 aromatic carbocycles. The van der Waals surface area contributed by atoms with Crippen molar-refractivity contribution in [2.24, 2.45) is 0 Å². The lowest BCUT2D eigenvalue weighted by Crippen LogP contribution is -2.54. The first-order chi connectivity index (χ1) is 30.3. The Morgan fingerprint density at radius 3 is 2.32 bits per heavy atom. The van der Waals surface area contributed by atoms with Crippen LogP contribution in [-0.2, 0) is 33.3 Å². The molecule has 5 heterocycles. The highest BCUT2D eigenvalue weighted by Crippen LogP contribution is 2.40. The minimum atomic E-state index is -2.99. The van der Waals surface area contributed by atoms with Gasteiger partial charge in [-0.2, -0.15) is 4.98 Å². The van der Waals surface area contributed by atoms with E-state index in [1.165, 1.54) is 16.8 Å². The fourth-order valence-electron chi connectivity index (χ4n) is 8.48. The number of hydrogen-bond donors (Lipinski definition) is 4. The van der Waals surface area contributed by atoms with E-state index in [1.807, 2.05) is 0 Å². The van der Waals surface area contributed by atoms with E-state index in [0.29, 0.717) is 90.5 Å². The summed E-state index contributed by atoms with van der Waals surface area (Å²) in [5.74, 6) is -2.18. The third-order valence-corrected chi connectivity index (χ3v) is 11.8. The zero-order valence-corrected chi connectivity index (χ0v) is 34.9. The lowest BCUT2D eigenvalue weighted by atomic mass is 9.99. The van der Waals surface area contributed by atoms with Gasteiger partial charge in [0.25, 0.3) is 23.8 Å². The molecule has 4 aliphatic rings. The van der Waals surface area contributed by atoms with Gasteiger partial charge in [-0.1, -0.05) is 6.07 Å². The molecule has 2 aromatic heterocycles. The number of halogens is 2. The van der Waals surface area contributed by atoms with Gasteiger partial charge in [0.05, 0.1) is 74.6 Å². The number of anilines is 2. The number of alkyl halides is 2. The Morgan fingerprint density at radius 2 is 1.65 bits per heavy atom. The number of rotatable bonds is 20. The van der Waals surface area contributed by atoms with Crippen LogP contribution in [0.25, 0.3) is 11.0 Å². The van der Waals surface area contributed by atoms with Crippen LogP contribution in [0.4, 0.5) is 20.4 Å². The number of imide groups is 2. The normalized spacial score (nSPS) is 21.7. The van der Waals surface area contributed by atoms with E-state index in [4.69, 9.17) is 18.9 Å². The van der Waals surface area contributed by atoms with Gasteiger partial charge in [0.1, 0.15) is 18.3 Å². The van der Waals surface area contributed by atoms with Crippen LogP contribution in [0.2, 0.25) is 0 Å². The molecule has 3 aliphatic heterocycles. The number of hydrogen-bond acceptors (Lipinski definition) is 15. The van der Waals surface area contributed by atoms with Crippen molar-refractivity contribution in [3.8, 4) is 0 Å². The summed E-state index contributed by atoms with van der Waals surface area (Å²) < 4.78 is 51.0. The van der Waals surface area contributed by atoms with Crippen molar-refractivity contribution in [2.45, 2.75) is 82.0 Å². The van der Waals surface area contributed by atoms with E-state index in [0.717, 1.165) is 11.0 Å². The smallest absolute Gasteiger partial charge is 0.269 e. The van der Waals surface area contributed by atoms with Crippen molar-refractivity contribution in [1.82, 2.24) is 29.7 Å². The van der Waals surface area contributed by atoms with Crippen LogP contribution in [0.5, 0.6) is 0 Å². The Hall–Kier alpha value is -5.48. The Balaban J connectivity index is 0.729. The molecule has 3 fully saturated rings. The maximum atomic E-state index is 13.8. The molecule has 7 rings (SSSR count). The van der Waals surface area contributed by atoms with Crippen LogP contribution in [0.1, 0.15) is 90.6 Å². The quantitative estimate of drug-likeness (QED) is 0.0941. The van der Waals surface area contributed by atoms with Crippen molar-refractivity contribution in [3.63, 3.8) is 0 Å². The molecule has 63 heavy (non-hydrogen) atoms. The van der Waals surface area contributed by atoms with Crippen LogP contribution in [0, 0.1) is 0 Å². The second kappa shape index (κ2) is 20.4. The maximum absolute atomic E-state index is 13.8. The van der Waals surface area contributed by atoms with Crippen LogP contribution < -0.4 is 21.5 Å². The van der Waals surface area contributed by atoms with Gasteiger partial charge in [-0.05, 0) is 63.6 Å². The van der Waals surface area contributed by atoms with Gasteiger partial charge in [0.2, 0.25) is 23.7 Å². The molecular formula is C42H52F2N8O11. The van der Waals surface area contributed by atoms with E-state index in [2.05, 4.69) is 25.9 Å². The van der Waals surface area contributed by atoms with E-state index < -0.39 is 58.9 Å². The highest BCUT2D eigenvalue weighted by molar-refractivity contribution is 6.25. The molecular weight excluding hydrogens is 831 g/mol. The molecule has 1 aliphatic carbocycles. The van der Waals surface area contributed by atoms with E-state index in [-0.39, 0.29) is 72.7 Å². The predicted molar refractivity (Wildman–Crippen MR) is 220 cm³/mol.